The third-order valence-corrected chi connectivity index (χ3v) is 3.90. The number of hydrogen-bond acceptors (Lipinski definition) is 2. The molecule has 1 aromatic rings. The second-order valence-corrected chi connectivity index (χ2v) is 5.65. The molecule has 1 saturated carbocycles. The van der Waals surface area contributed by atoms with Crippen LogP contribution in [0.3, 0.4) is 0 Å². The Morgan fingerprint density at radius 1 is 1.33 bits per heavy atom. The normalized spacial score (nSPS) is 15.5. The van der Waals surface area contributed by atoms with Crippen molar-refractivity contribution < 1.29 is 14.7 Å². The van der Waals surface area contributed by atoms with E-state index >= 15 is 0 Å². The number of rotatable bonds is 5. The van der Waals surface area contributed by atoms with E-state index in [9.17, 15) is 9.59 Å². The number of carbonyl (C=O) groups is 2. The summed E-state index contributed by atoms with van der Waals surface area (Å²) in [4.78, 5) is 22.6. The quantitative estimate of drug-likeness (QED) is 0.813. The molecular weight excluding hydrogens is 266 g/mol. The van der Waals surface area contributed by atoms with Gasteiger partial charge in [-0.15, -0.1) is 0 Å². The van der Waals surface area contributed by atoms with Gasteiger partial charge in [0.05, 0.1) is 0 Å². The molecule has 0 heterocycles. The van der Waals surface area contributed by atoms with Crippen LogP contribution in [0.5, 0.6) is 0 Å². The highest BCUT2D eigenvalue weighted by molar-refractivity contribution is 5.92. The van der Waals surface area contributed by atoms with Crippen molar-refractivity contribution in [3.63, 3.8) is 0 Å². The minimum atomic E-state index is -0.984. The number of aryl methyl sites for hydroxylation is 1. The summed E-state index contributed by atoms with van der Waals surface area (Å²) in [5.41, 5.74) is 2.49. The average Bonchev–Trinajstić information content (AvgIpc) is 2.92. The molecule has 2 rings (SSSR count). The van der Waals surface area contributed by atoms with Crippen LogP contribution in [0, 0.1) is 12.8 Å². The molecule has 4 nitrogen and oxygen atoms in total. The Balaban J connectivity index is 2.02. The Labute approximate surface area is 124 Å². The Morgan fingerprint density at radius 2 is 2.05 bits per heavy atom. The van der Waals surface area contributed by atoms with Crippen LogP contribution in [0.2, 0.25) is 0 Å². The van der Waals surface area contributed by atoms with Crippen molar-refractivity contribution in [2.45, 2.75) is 39.0 Å². The molecule has 0 aromatic heterocycles. The molecule has 21 heavy (non-hydrogen) atoms. The molecule has 0 atom stereocenters. The topological polar surface area (TPSA) is 66.4 Å². The first kappa shape index (κ1) is 15.3. The SMILES string of the molecule is Cc1ccc(C=CC(=O)O)cc1NC(=O)CC1CCCC1. The molecule has 0 unspecified atom stereocenters. The van der Waals surface area contributed by atoms with Crippen LogP contribution in [0.1, 0.15) is 43.2 Å². The Hall–Kier alpha value is -2.10. The average molecular weight is 287 g/mol. The number of nitrogens with one attached hydrogen (secondary N) is 1. The predicted octanol–water partition coefficient (Wildman–Crippen LogP) is 3.61. The van der Waals surface area contributed by atoms with Gasteiger partial charge in [-0.25, -0.2) is 4.79 Å². The molecule has 0 aliphatic heterocycles. The summed E-state index contributed by atoms with van der Waals surface area (Å²) in [7, 11) is 0. The smallest absolute Gasteiger partial charge is 0.328 e. The molecule has 1 amide bonds. The molecule has 112 valence electrons. The van der Waals surface area contributed by atoms with Gasteiger partial charge in [0.1, 0.15) is 0 Å². The first-order chi connectivity index (χ1) is 10.0. The van der Waals surface area contributed by atoms with Crippen LogP contribution < -0.4 is 5.32 Å². The molecule has 1 fully saturated rings. The number of carboxylic acid groups (broad SMARTS) is 1. The standard InChI is InChI=1S/C17H21NO3/c1-12-6-7-14(8-9-17(20)21)10-15(12)18-16(19)11-13-4-2-3-5-13/h6-10,13H,2-5,11H2,1H3,(H,18,19)(H,20,21). The van der Waals surface area contributed by atoms with E-state index in [-0.39, 0.29) is 5.91 Å². The van der Waals surface area contributed by atoms with Crippen LogP contribution >= 0.6 is 0 Å². The fourth-order valence-electron chi connectivity index (χ4n) is 2.72. The zero-order valence-electron chi connectivity index (χ0n) is 12.3. The van der Waals surface area contributed by atoms with Crippen molar-refractivity contribution in [1.29, 1.82) is 0 Å². The van der Waals surface area contributed by atoms with Crippen molar-refractivity contribution in [2.75, 3.05) is 5.32 Å². The third kappa shape index (κ3) is 4.74. The van der Waals surface area contributed by atoms with E-state index in [1.54, 1.807) is 6.07 Å². The van der Waals surface area contributed by atoms with Crippen molar-refractivity contribution in [2.24, 2.45) is 5.92 Å². The summed E-state index contributed by atoms with van der Waals surface area (Å²) >= 11 is 0. The minimum absolute atomic E-state index is 0.0457. The monoisotopic (exact) mass is 287 g/mol. The summed E-state index contributed by atoms with van der Waals surface area (Å²) in [6.07, 6.45) is 7.94. The van der Waals surface area contributed by atoms with E-state index in [2.05, 4.69) is 5.32 Å². The number of hydrogen-bond donors (Lipinski definition) is 2. The van der Waals surface area contributed by atoms with E-state index in [4.69, 9.17) is 5.11 Å². The van der Waals surface area contributed by atoms with E-state index in [0.717, 1.165) is 35.7 Å². The second-order valence-electron chi connectivity index (χ2n) is 5.65. The Morgan fingerprint density at radius 3 is 2.71 bits per heavy atom. The molecular formula is C17H21NO3. The summed E-state index contributed by atoms with van der Waals surface area (Å²) < 4.78 is 0. The number of carbonyl (C=O) groups excluding carboxylic acids is 1. The van der Waals surface area contributed by atoms with Gasteiger partial charge in [0, 0.05) is 18.2 Å². The molecule has 0 radical (unpaired) electrons. The van der Waals surface area contributed by atoms with Crippen LogP contribution in [-0.2, 0) is 9.59 Å². The van der Waals surface area contributed by atoms with E-state index in [1.807, 2.05) is 19.1 Å². The van der Waals surface area contributed by atoms with Crippen molar-refractivity contribution in [3.8, 4) is 0 Å². The van der Waals surface area contributed by atoms with Crippen LogP contribution in [0.25, 0.3) is 6.08 Å². The van der Waals surface area contributed by atoms with E-state index in [1.165, 1.54) is 18.9 Å². The van der Waals surface area contributed by atoms with Gasteiger partial charge in [0.2, 0.25) is 5.91 Å². The zero-order valence-corrected chi connectivity index (χ0v) is 12.3. The van der Waals surface area contributed by atoms with Crippen LogP contribution in [0.15, 0.2) is 24.3 Å². The summed E-state index contributed by atoms with van der Waals surface area (Å²) in [6, 6.07) is 5.52. The fraction of sp³-hybridized carbons (Fsp3) is 0.412. The van der Waals surface area contributed by atoms with Gasteiger partial charge in [-0.2, -0.15) is 0 Å². The molecule has 1 aliphatic carbocycles. The Kier molecular flexibility index (Phi) is 5.14. The fourth-order valence-corrected chi connectivity index (χ4v) is 2.72. The zero-order chi connectivity index (χ0) is 15.2. The minimum Gasteiger partial charge on any atom is -0.478 e. The van der Waals surface area contributed by atoms with E-state index < -0.39 is 5.97 Å². The third-order valence-electron chi connectivity index (χ3n) is 3.90. The summed E-state index contributed by atoms with van der Waals surface area (Å²) in [6.45, 7) is 1.93. The van der Waals surface area contributed by atoms with Gasteiger partial charge in [0.25, 0.3) is 0 Å². The van der Waals surface area contributed by atoms with Crippen LogP contribution in [0.4, 0.5) is 5.69 Å². The molecule has 2 N–H and O–H groups in total. The lowest BCUT2D eigenvalue weighted by Gasteiger charge is -2.12. The maximum Gasteiger partial charge on any atom is 0.328 e. The van der Waals surface area contributed by atoms with Gasteiger partial charge in [0.15, 0.2) is 0 Å². The lowest BCUT2D eigenvalue weighted by molar-refractivity contribution is -0.131. The molecule has 0 saturated heterocycles. The van der Waals surface area contributed by atoms with Gasteiger partial charge < -0.3 is 10.4 Å². The molecule has 4 heteroatoms. The second kappa shape index (κ2) is 7.07. The van der Waals surface area contributed by atoms with Gasteiger partial charge >= 0.3 is 5.97 Å². The highest BCUT2D eigenvalue weighted by Crippen LogP contribution is 2.28. The van der Waals surface area contributed by atoms with Crippen molar-refractivity contribution >= 4 is 23.6 Å². The molecule has 1 aromatic carbocycles. The van der Waals surface area contributed by atoms with Gasteiger partial charge in [-0.05, 0) is 49.0 Å². The lowest BCUT2D eigenvalue weighted by atomic mass is 10.0. The Bertz CT molecular complexity index is 557. The predicted molar refractivity (Wildman–Crippen MR) is 83.1 cm³/mol. The molecule has 0 spiro atoms. The summed E-state index contributed by atoms with van der Waals surface area (Å²) in [5, 5.41) is 11.6. The largest absolute Gasteiger partial charge is 0.478 e. The van der Waals surface area contributed by atoms with Gasteiger partial charge in [-0.1, -0.05) is 25.0 Å². The molecule has 0 bridgehead atoms. The number of aliphatic carboxylic acids is 1. The lowest BCUT2D eigenvalue weighted by Crippen LogP contribution is -2.15. The first-order valence-corrected chi connectivity index (χ1v) is 7.36. The number of carboxylic acids is 1. The highest BCUT2D eigenvalue weighted by atomic mass is 16.4. The molecule has 1 aliphatic rings. The first-order valence-electron chi connectivity index (χ1n) is 7.36. The van der Waals surface area contributed by atoms with Crippen molar-refractivity contribution in [1.82, 2.24) is 0 Å². The number of amides is 1. The number of anilines is 1. The van der Waals surface area contributed by atoms with Crippen LogP contribution in [-0.4, -0.2) is 17.0 Å². The van der Waals surface area contributed by atoms with E-state index in [0.29, 0.717) is 12.3 Å². The maximum absolute atomic E-state index is 12.1. The summed E-state index contributed by atoms with van der Waals surface area (Å²) in [5.74, 6) is -0.424. The highest BCUT2D eigenvalue weighted by Gasteiger charge is 2.18. The number of benzene rings is 1. The maximum atomic E-state index is 12.1. The van der Waals surface area contributed by atoms with Crippen molar-refractivity contribution in [3.05, 3.63) is 35.4 Å². The van der Waals surface area contributed by atoms with Gasteiger partial charge in [-0.3, -0.25) is 4.79 Å².